The van der Waals surface area contributed by atoms with Gasteiger partial charge in [-0.1, -0.05) is 15.9 Å². The summed E-state index contributed by atoms with van der Waals surface area (Å²) in [4.78, 5) is 12.4. The van der Waals surface area contributed by atoms with Gasteiger partial charge in [-0.05, 0) is 61.8 Å². The van der Waals surface area contributed by atoms with Crippen LogP contribution in [0.1, 0.15) is 59.0 Å². The van der Waals surface area contributed by atoms with E-state index in [0.29, 0.717) is 5.56 Å². The first-order valence-electron chi connectivity index (χ1n) is 7.79. The largest absolute Gasteiger partial charge is 0.493 e. The maximum atomic E-state index is 12.4. The average Bonchev–Trinajstić information content (AvgIpc) is 2.83. The van der Waals surface area contributed by atoms with Crippen LogP contribution in [-0.4, -0.2) is 20.8 Å². The number of hydrogen-bond donors (Lipinski definition) is 3. The molecule has 2 aromatic rings. The highest BCUT2D eigenvalue weighted by Gasteiger charge is 2.40. The molecule has 6 heteroatoms. The van der Waals surface area contributed by atoms with E-state index in [1.807, 2.05) is 0 Å². The molecule has 1 amide bonds. The van der Waals surface area contributed by atoms with Gasteiger partial charge in [0.05, 0.1) is 0 Å². The Bertz CT molecular complexity index is 739. The maximum absolute atomic E-state index is 12.4. The van der Waals surface area contributed by atoms with Gasteiger partial charge in [0, 0.05) is 21.2 Å². The molecule has 0 radical (unpaired) electrons. The number of aromatic nitrogens is 1. The highest BCUT2D eigenvalue weighted by Crippen LogP contribution is 2.56. The van der Waals surface area contributed by atoms with Gasteiger partial charge in [-0.2, -0.15) is 4.68 Å². The quantitative estimate of drug-likeness (QED) is 0.745. The van der Waals surface area contributed by atoms with E-state index >= 15 is 0 Å². The molecule has 5 nitrogen and oxygen atoms in total. The number of rotatable bonds is 2. The molecule has 3 N–H and O–H groups in total. The Morgan fingerprint density at radius 1 is 1.00 bits per heavy atom. The second kappa shape index (κ2) is 5.30. The Morgan fingerprint density at radius 2 is 1.48 bits per heavy atom. The number of halogens is 1. The van der Waals surface area contributed by atoms with Crippen molar-refractivity contribution in [3.05, 3.63) is 45.4 Å². The zero-order valence-electron chi connectivity index (χ0n) is 12.4. The Hall–Kier alpha value is -1.95. The first kappa shape index (κ1) is 14.6. The Labute approximate surface area is 142 Å². The van der Waals surface area contributed by atoms with Crippen LogP contribution in [0.5, 0.6) is 11.8 Å². The molecule has 0 spiro atoms. The summed E-state index contributed by atoms with van der Waals surface area (Å²) in [6.45, 7) is 0. The fraction of sp³-hybridized carbons (Fsp3) is 0.353. The molecule has 5 rings (SSSR count). The number of aromatic hydroxyl groups is 2. The van der Waals surface area contributed by atoms with Crippen molar-refractivity contribution in [3.63, 3.8) is 0 Å². The molecule has 2 bridgehead atoms. The number of hydrogen-bond acceptors (Lipinski definition) is 3. The van der Waals surface area contributed by atoms with Crippen LogP contribution in [0.2, 0.25) is 0 Å². The number of nitrogens with zero attached hydrogens (tertiary/aromatic N) is 1. The molecular formula is C17H17BrN2O3. The third-order valence-corrected chi connectivity index (χ3v) is 5.59. The van der Waals surface area contributed by atoms with E-state index in [0.717, 1.165) is 46.0 Å². The Kier molecular flexibility index (Phi) is 3.37. The van der Waals surface area contributed by atoms with E-state index in [4.69, 9.17) is 0 Å². The van der Waals surface area contributed by atoms with Gasteiger partial charge in [0.2, 0.25) is 11.8 Å². The predicted molar refractivity (Wildman–Crippen MR) is 89.5 cm³/mol. The Morgan fingerprint density at radius 3 is 1.96 bits per heavy atom. The average molecular weight is 377 g/mol. The molecule has 0 saturated heterocycles. The predicted octanol–water partition coefficient (Wildman–Crippen LogP) is 3.80. The molecule has 3 aliphatic rings. The van der Waals surface area contributed by atoms with Gasteiger partial charge in [-0.15, -0.1) is 0 Å². The zero-order chi connectivity index (χ0) is 16.1. The number of amides is 1. The second-order valence-corrected chi connectivity index (χ2v) is 7.22. The van der Waals surface area contributed by atoms with Crippen LogP contribution in [0.25, 0.3) is 0 Å². The van der Waals surface area contributed by atoms with Gasteiger partial charge < -0.3 is 10.2 Å². The van der Waals surface area contributed by atoms with E-state index < -0.39 is 0 Å². The molecule has 1 aromatic heterocycles. The molecule has 0 unspecified atom stereocenters. The summed E-state index contributed by atoms with van der Waals surface area (Å²) in [6, 6.07) is 6.91. The summed E-state index contributed by atoms with van der Waals surface area (Å²) in [5, 5.41) is 21.0. The van der Waals surface area contributed by atoms with Crippen LogP contribution in [0.4, 0.5) is 0 Å². The van der Waals surface area contributed by atoms with Gasteiger partial charge in [-0.3, -0.25) is 10.2 Å². The number of carbonyl (C=O) groups excluding carboxylic acids is 1. The highest BCUT2D eigenvalue weighted by molar-refractivity contribution is 9.10. The van der Waals surface area contributed by atoms with Crippen molar-refractivity contribution in [2.45, 2.75) is 37.5 Å². The minimum absolute atomic E-state index is 0.0302. The number of nitrogens with one attached hydrogen (secondary N) is 1. The van der Waals surface area contributed by atoms with Crippen molar-refractivity contribution >= 4 is 21.8 Å². The van der Waals surface area contributed by atoms with Crippen LogP contribution in [0, 0.1) is 0 Å². The van der Waals surface area contributed by atoms with Crippen LogP contribution in [0.3, 0.4) is 0 Å². The molecule has 1 saturated carbocycles. The number of fused-ring (bicyclic) bond motifs is 2. The molecule has 1 heterocycles. The normalized spacial score (nSPS) is 22.0. The van der Waals surface area contributed by atoms with Crippen LogP contribution in [0.15, 0.2) is 28.7 Å². The number of carbonyl (C=O) groups is 1. The van der Waals surface area contributed by atoms with Crippen molar-refractivity contribution < 1.29 is 15.0 Å². The summed E-state index contributed by atoms with van der Waals surface area (Å²) in [5.74, 6) is 0.135. The van der Waals surface area contributed by atoms with Gasteiger partial charge in [0.15, 0.2) is 0 Å². The monoisotopic (exact) mass is 376 g/mol. The third-order valence-electron chi connectivity index (χ3n) is 5.06. The fourth-order valence-corrected chi connectivity index (χ4v) is 4.20. The van der Waals surface area contributed by atoms with E-state index in [1.54, 1.807) is 24.3 Å². The van der Waals surface area contributed by atoms with Gasteiger partial charge in [0.1, 0.15) is 0 Å². The van der Waals surface area contributed by atoms with E-state index in [1.165, 1.54) is 0 Å². The SMILES string of the molecule is O=C(Nn1c(O)c2c(c1O)C1CCC2CC1)c1ccc(Br)cc1. The zero-order valence-corrected chi connectivity index (χ0v) is 14.0. The lowest BCUT2D eigenvalue weighted by Crippen LogP contribution is -2.22. The van der Waals surface area contributed by atoms with Gasteiger partial charge >= 0.3 is 0 Å². The molecule has 23 heavy (non-hydrogen) atoms. The van der Waals surface area contributed by atoms with Crippen LogP contribution in [-0.2, 0) is 0 Å². The second-order valence-electron chi connectivity index (χ2n) is 6.31. The standard InChI is InChI=1S/C17H17BrN2O3/c18-12-7-5-11(6-8-12)15(21)19-20-16(22)13-9-1-2-10(4-3-9)14(13)17(20)23/h5-10,22-23H,1-4H2,(H,19,21). The highest BCUT2D eigenvalue weighted by atomic mass is 79.9. The molecule has 0 aliphatic heterocycles. The third kappa shape index (κ3) is 2.24. The van der Waals surface area contributed by atoms with Gasteiger partial charge in [-0.25, -0.2) is 0 Å². The molecule has 1 fully saturated rings. The summed E-state index contributed by atoms with van der Waals surface area (Å²) in [5.41, 5.74) is 4.70. The molecule has 3 aliphatic carbocycles. The van der Waals surface area contributed by atoms with E-state index in [2.05, 4.69) is 21.4 Å². The molecule has 1 aromatic carbocycles. The molecular weight excluding hydrogens is 360 g/mol. The van der Waals surface area contributed by atoms with Crippen molar-refractivity contribution in [3.8, 4) is 11.8 Å². The molecule has 0 atom stereocenters. The molecule has 120 valence electrons. The van der Waals surface area contributed by atoms with Crippen LogP contribution >= 0.6 is 15.9 Å². The van der Waals surface area contributed by atoms with E-state index in [9.17, 15) is 15.0 Å². The Balaban J connectivity index is 1.69. The lowest BCUT2D eigenvalue weighted by Gasteiger charge is -2.35. The summed E-state index contributed by atoms with van der Waals surface area (Å²) >= 11 is 3.33. The van der Waals surface area contributed by atoms with Crippen molar-refractivity contribution in [2.75, 3.05) is 5.43 Å². The minimum atomic E-state index is -0.372. The van der Waals surface area contributed by atoms with Crippen molar-refractivity contribution in [1.29, 1.82) is 0 Å². The summed E-state index contributed by atoms with van der Waals surface area (Å²) in [7, 11) is 0. The summed E-state index contributed by atoms with van der Waals surface area (Å²) in [6.07, 6.45) is 4.15. The van der Waals surface area contributed by atoms with Crippen molar-refractivity contribution in [1.82, 2.24) is 4.68 Å². The fourth-order valence-electron chi connectivity index (χ4n) is 3.93. The van der Waals surface area contributed by atoms with Gasteiger partial charge in [0.25, 0.3) is 5.91 Å². The number of benzene rings is 1. The first-order valence-corrected chi connectivity index (χ1v) is 8.59. The maximum Gasteiger partial charge on any atom is 0.270 e. The smallest absolute Gasteiger partial charge is 0.270 e. The van der Waals surface area contributed by atoms with Crippen LogP contribution < -0.4 is 5.43 Å². The lowest BCUT2D eigenvalue weighted by molar-refractivity contribution is 0.100. The summed E-state index contributed by atoms with van der Waals surface area (Å²) < 4.78 is 2.01. The van der Waals surface area contributed by atoms with Crippen molar-refractivity contribution in [2.24, 2.45) is 0 Å². The topological polar surface area (TPSA) is 74.5 Å². The minimum Gasteiger partial charge on any atom is -0.493 e. The first-order chi connectivity index (χ1) is 11.1. The van der Waals surface area contributed by atoms with E-state index in [-0.39, 0.29) is 29.5 Å². The lowest BCUT2D eigenvalue weighted by atomic mass is 9.68.